The monoisotopic (exact) mass is 441 g/mol. The van der Waals surface area contributed by atoms with Gasteiger partial charge in [0.15, 0.2) is 0 Å². The van der Waals surface area contributed by atoms with Gasteiger partial charge >= 0.3 is 0 Å². The zero-order valence-electron chi connectivity index (χ0n) is 17.4. The van der Waals surface area contributed by atoms with E-state index in [-0.39, 0.29) is 17.5 Å². The van der Waals surface area contributed by atoms with Crippen molar-refractivity contribution in [2.75, 3.05) is 5.75 Å². The number of amides is 1. The molecule has 30 heavy (non-hydrogen) atoms. The fourth-order valence-corrected chi connectivity index (χ4v) is 6.16. The van der Waals surface area contributed by atoms with E-state index in [0.29, 0.717) is 23.8 Å². The van der Waals surface area contributed by atoms with Crippen molar-refractivity contribution in [1.82, 2.24) is 15.3 Å². The predicted molar refractivity (Wildman–Crippen MR) is 125 cm³/mol. The van der Waals surface area contributed by atoms with Gasteiger partial charge in [-0.1, -0.05) is 24.3 Å². The van der Waals surface area contributed by atoms with Crippen LogP contribution in [0, 0.1) is 6.92 Å². The Balaban J connectivity index is 1.30. The molecule has 0 spiro atoms. The Morgan fingerprint density at radius 2 is 2.10 bits per heavy atom. The Kier molecular flexibility index (Phi) is 6.58. The van der Waals surface area contributed by atoms with Gasteiger partial charge in [-0.2, -0.15) is 11.8 Å². The van der Waals surface area contributed by atoms with Crippen LogP contribution in [0.25, 0.3) is 10.2 Å². The molecule has 0 radical (unpaired) electrons. The van der Waals surface area contributed by atoms with Crippen LogP contribution in [-0.2, 0) is 23.4 Å². The van der Waals surface area contributed by atoms with E-state index in [1.54, 1.807) is 23.1 Å². The lowest BCUT2D eigenvalue weighted by Gasteiger charge is -2.16. The summed E-state index contributed by atoms with van der Waals surface area (Å²) in [5, 5.41) is 3.87. The molecule has 5 nitrogen and oxygen atoms in total. The van der Waals surface area contributed by atoms with Crippen molar-refractivity contribution >= 4 is 39.2 Å². The van der Waals surface area contributed by atoms with Crippen LogP contribution in [0.15, 0.2) is 29.1 Å². The Labute approximate surface area is 184 Å². The molecule has 1 aliphatic carbocycles. The number of H-pyrrole nitrogens is 1. The lowest BCUT2D eigenvalue weighted by molar-refractivity contribution is -0.121. The highest BCUT2D eigenvalue weighted by Crippen LogP contribution is 2.33. The average Bonchev–Trinajstić information content (AvgIpc) is 3.10. The second-order valence-electron chi connectivity index (χ2n) is 7.85. The Morgan fingerprint density at radius 3 is 2.93 bits per heavy atom. The van der Waals surface area contributed by atoms with E-state index in [0.717, 1.165) is 35.0 Å². The number of aryl methyl sites for hydroxylation is 3. The Morgan fingerprint density at radius 1 is 1.30 bits per heavy atom. The summed E-state index contributed by atoms with van der Waals surface area (Å²) in [6.07, 6.45) is 4.85. The molecular formula is C23H27N3O2S2. The van der Waals surface area contributed by atoms with Gasteiger partial charge in [0.1, 0.15) is 10.7 Å². The lowest BCUT2D eigenvalue weighted by Crippen LogP contribution is -2.27. The van der Waals surface area contributed by atoms with E-state index in [9.17, 15) is 9.59 Å². The van der Waals surface area contributed by atoms with E-state index in [4.69, 9.17) is 4.98 Å². The Bertz CT molecular complexity index is 1120. The van der Waals surface area contributed by atoms with Crippen LogP contribution in [0.4, 0.5) is 0 Å². The molecule has 4 rings (SSSR count). The third kappa shape index (κ3) is 4.62. The maximum absolute atomic E-state index is 12.6. The summed E-state index contributed by atoms with van der Waals surface area (Å²) in [5.74, 6) is 2.04. The first-order valence-electron chi connectivity index (χ1n) is 10.5. The number of nitrogens with zero attached hydrogens (tertiary/aromatic N) is 1. The van der Waals surface area contributed by atoms with E-state index < -0.39 is 0 Å². The van der Waals surface area contributed by atoms with Crippen LogP contribution in [0.5, 0.6) is 0 Å². The van der Waals surface area contributed by atoms with Crippen molar-refractivity contribution in [3.8, 4) is 0 Å². The second-order valence-corrected chi connectivity index (χ2v) is 10.0. The zero-order chi connectivity index (χ0) is 21.1. The summed E-state index contributed by atoms with van der Waals surface area (Å²) in [6.45, 7) is 4.07. The van der Waals surface area contributed by atoms with Gasteiger partial charge in [-0.25, -0.2) is 4.98 Å². The average molecular weight is 442 g/mol. The van der Waals surface area contributed by atoms with Gasteiger partial charge in [0.05, 0.1) is 17.2 Å². The molecule has 0 fully saturated rings. The molecular weight excluding hydrogens is 414 g/mol. The summed E-state index contributed by atoms with van der Waals surface area (Å²) in [7, 11) is 0. The van der Waals surface area contributed by atoms with Crippen molar-refractivity contribution in [3.63, 3.8) is 0 Å². The van der Waals surface area contributed by atoms with Gasteiger partial charge in [-0.3, -0.25) is 9.59 Å². The largest absolute Gasteiger partial charge is 0.350 e. The number of rotatable bonds is 7. The van der Waals surface area contributed by atoms with Crippen molar-refractivity contribution in [1.29, 1.82) is 0 Å². The molecule has 158 valence electrons. The third-order valence-corrected chi connectivity index (χ3v) is 7.77. The van der Waals surface area contributed by atoms with Gasteiger partial charge in [-0.15, -0.1) is 11.3 Å². The van der Waals surface area contributed by atoms with Crippen LogP contribution in [0.3, 0.4) is 0 Å². The summed E-state index contributed by atoms with van der Waals surface area (Å²) in [4.78, 5) is 34.7. The minimum absolute atomic E-state index is 0.00556. The van der Waals surface area contributed by atoms with E-state index in [1.165, 1.54) is 22.4 Å². The molecule has 1 unspecified atom stereocenters. The number of thiophene rings is 1. The van der Waals surface area contributed by atoms with Gasteiger partial charge in [0, 0.05) is 17.1 Å². The molecule has 7 heteroatoms. The second kappa shape index (κ2) is 9.35. The first-order chi connectivity index (χ1) is 14.5. The normalized spacial score (nSPS) is 14.5. The number of hydrogen-bond donors (Lipinski definition) is 2. The smallest absolute Gasteiger partial charge is 0.259 e. The zero-order valence-corrected chi connectivity index (χ0v) is 19.0. The summed E-state index contributed by atoms with van der Waals surface area (Å²) in [6, 6.07) is 8.10. The van der Waals surface area contributed by atoms with E-state index in [2.05, 4.69) is 29.4 Å². The first kappa shape index (κ1) is 21.1. The SMILES string of the molecule is Cc1ccccc1C(C)NC(=O)CCSCc1nc2sc3c(c2c(=O)[nH]1)CCCC3. The number of hydrogen-bond acceptors (Lipinski definition) is 5. The Hall–Kier alpha value is -2.12. The topological polar surface area (TPSA) is 74.8 Å². The quantitative estimate of drug-likeness (QED) is 0.523. The minimum atomic E-state index is -0.0141. The van der Waals surface area contributed by atoms with Crippen molar-refractivity contribution < 1.29 is 4.79 Å². The van der Waals surface area contributed by atoms with Crippen LogP contribution in [0.2, 0.25) is 0 Å². The number of aromatic amines is 1. The maximum Gasteiger partial charge on any atom is 0.259 e. The van der Waals surface area contributed by atoms with E-state index in [1.807, 2.05) is 19.1 Å². The summed E-state index contributed by atoms with van der Waals surface area (Å²) < 4.78 is 0. The number of carbonyl (C=O) groups is 1. The van der Waals surface area contributed by atoms with Crippen LogP contribution in [-0.4, -0.2) is 21.6 Å². The van der Waals surface area contributed by atoms with Crippen molar-refractivity contribution in [2.45, 2.75) is 57.7 Å². The number of benzene rings is 1. The highest BCUT2D eigenvalue weighted by molar-refractivity contribution is 7.98. The molecule has 1 amide bonds. The van der Waals surface area contributed by atoms with Gasteiger partial charge in [0.2, 0.25) is 5.91 Å². The minimum Gasteiger partial charge on any atom is -0.350 e. The number of aromatic nitrogens is 2. The molecule has 1 aromatic carbocycles. The number of carbonyl (C=O) groups excluding carboxylic acids is 1. The standard InChI is InChI=1S/C23H27N3O2S2/c1-14-7-3-4-8-16(14)15(2)24-20(27)11-12-29-13-19-25-22(28)21-17-9-5-6-10-18(17)30-23(21)26-19/h3-4,7-8,15H,5-6,9-13H2,1-2H3,(H,24,27)(H,25,26,28). The molecule has 1 atom stereocenters. The fraction of sp³-hybridized carbons (Fsp3) is 0.435. The number of thioether (sulfide) groups is 1. The molecule has 3 aromatic rings. The predicted octanol–water partition coefficient (Wildman–Crippen LogP) is 4.67. The highest BCUT2D eigenvalue weighted by Gasteiger charge is 2.19. The number of fused-ring (bicyclic) bond motifs is 3. The van der Waals surface area contributed by atoms with Gasteiger partial charge < -0.3 is 10.3 Å². The molecule has 0 saturated heterocycles. The van der Waals surface area contributed by atoms with Gasteiger partial charge in [0.25, 0.3) is 5.56 Å². The molecule has 2 heterocycles. The highest BCUT2D eigenvalue weighted by atomic mass is 32.2. The fourth-order valence-electron chi connectivity index (χ4n) is 4.07. The van der Waals surface area contributed by atoms with Crippen molar-refractivity contribution in [3.05, 3.63) is 62.0 Å². The molecule has 0 saturated carbocycles. The summed E-state index contributed by atoms with van der Waals surface area (Å²) >= 11 is 3.30. The third-order valence-electron chi connectivity index (χ3n) is 5.62. The van der Waals surface area contributed by atoms with Crippen molar-refractivity contribution in [2.24, 2.45) is 0 Å². The summed E-state index contributed by atoms with van der Waals surface area (Å²) in [5.41, 5.74) is 3.53. The molecule has 1 aliphatic rings. The molecule has 0 aliphatic heterocycles. The maximum atomic E-state index is 12.6. The van der Waals surface area contributed by atoms with Crippen LogP contribution >= 0.6 is 23.1 Å². The van der Waals surface area contributed by atoms with Crippen LogP contribution in [0.1, 0.15) is 59.6 Å². The molecule has 0 bridgehead atoms. The molecule has 2 aromatic heterocycles. The van der Waals surface area contributed by atoms with Crippen LogP contribution < -0.4 is 10.9 Å². The lowest BCUT2D eigenvalue weighted by atomic mass is 9.97. The first-order valence-corrected chi connectivity index (χ1v) is 12.5. The van der Waals surface area contributed by atoms with Gasteiger partial charge in [-0.05, 0) is 56.2 Å². The molecule has 2 N–H and O–H groups in total. The van der Waals surface area contributed by atoms with E-state index >= 15 is 0 Å². The number of nitrogens with one attached hydrogen (secondary N) is 2.